The van der Waals surface area contributed by atoms with Gasteiger partial charge in [-0.05, 0) is 85.7 Å². The van der Waals surface area contributed by atoms with E-state index in [1.165, 1.54) is 0 Å². The SMILES string of the molecule is CC1(C)C(Oc2ccc(C#N)c(Cl)c2)C(C)(C)C1N1Cc2cc(N3CCN(CC4CC5(CCN5c5ccc6c(c5)C(=O)N(C5CCC(=O)NC5=O)C6=O)C4)CC3)ccc2C1=O. The molecule has 7 aliphatic rings. The highest BCUT2D eigenvalue weighted by molar-refractivity contribution is 6.31. The van der Waals surface area contributed by atoms with Gasteiger partial charge in [0.25, 0.3) is 17.7 Å². The molecule has 1 spiro atoms. The van der Waals surface area contributed by atoms with Crippen LogP contribution in [-0.2, 0) is 16.1 Å². The molecule has 3 saturated heterocycles. The maximum Gasteiger partial charge on any atom is 0.262 e. The molecule has 61 heavy (non-hydrogen) atoms. The number of anilines is 2. The largest absolute Gasteiger partial charge is 0.489 e. The van der Waals surface area contributed by atoms with Gasteiger partial charge in [-0.25, -0.2) is 0 Å². The molecule has 3 aromatic carbocycles. The van der Waals surface area contributed by atoms with E-state index in [9.17, 15) is 29.2 Å². The number of piperidine rings is 1. The van der Waals surface area contributed by atoms with E-state index >= 15 is 0 Å². The van der Waals surface area contributed by atoms with Gasteiger partial charge in [-0.2, -0.15) is 5.26 Å². The Bertz CT molecular complexity index is 2450. The molecule has 5 fully saturated rings. The zero-order valence-corrected chi connectivity index (χ0v) is 35.8. The average Bonchev–Trinajstić information content (AvgIpc) is 3.64. The van der Waals surface area contributed by atoms with Gasteiger partial charge < -0.3 is 19.4 Å². The first-order chi connectivity index (χ1) is 29.1. The van der Waals surface area contributed by atoms with Crippen LogP contribution in [0.2, 0.25) is 5.02 Å². The first-order valence-corrected chi connectivity index (χ1v) is 21.9. The number of hydrogen-bond acceptors (Lipinski definition) is 10. The molecule has 1 N–H and O–H groups in total. The van der Waals surface area contributed by atoms with Crippen molar-refractivity contribution in [2.24, 2.45) is 16.7 Å². The van der Waals surface area contributed by atoms with Crippen LogP contribution in [-0.4, -0.2) is 107 Å². The van der Waals surface area contributed by atoms with E-state index in [4.69, 9.17) is 16.3 Å². The van der Waals surface area contributed by atoms with Crippen LogP contribution in [0.3, 0.4) is 0 Å². The van der Waals surface area contributed by atoms with Crippen molar-refractivity contribution in [1.82, 2.24) is 20.0 Å². The summed E-state index contributed by atoms with van der Waals surface area (Å²) >= 11 is 6.31. The fourth-order valence-corrected chi connectivity index (χ4v) is 12.7. The zero-order chi connectivity index (χ0) is 42.7. The predicted octanol–water partition coefficient (Wildman–Crippen LogP) is 5.63. The summed E-state index contributed by atoms with van der Waals surface area (Å²) in [5.41, 5.74) is 4.39. The minimum atomic E-state index is -0.971. The summed E-state index contributed by atoms with van der Waals surface area (Å²) in [4.78, 5) is 75.3. The first-order valence-electron chi connectivity index (χ1n) is 21.5. The van der Waals surface area contributed by atoms with Crippen LogP contribution in [0, 0.1) is 28.1 Å². The number of nitriles is 1. The molecule has 5 amide bonds. The van der Waals surface area contributed by atoms with Crippen molar-refractivity contribution in [1.29, 1.82) is 5.26 Å². The topological polar surface area (TPSA) is 147 Å². The van der Waals surface area contributed by atoms with E-state index in [0.29, 0.717) is 39.9 Å². The summed E-state index contributed by atoms with van der Waals surface area (Å²) in [5.74, 6) is -0.672. The van der Waals surface area contributed by atoms with Crippen molar-refractivity contribution in [2.75, 3.05) is 49.1 Å². The molecular formula is C47H50ClN7O6. The second-order valence-electron chi connectivity index (χ2n) is 19.4. The highest BCUT2D eigenvalue weighted by atomic mass is 35.5. The molecule has 3 aromatic rings. The standard InChI is InChI=1S/C47H50ClN7O6/c1-45(2)43(46(3,4)44(45)61-32-8-5-28(24-49)36(48)21-32)53-26-29-19-30(6-9-33(29)40(53)58)52-17-15-51(16-18-52)25-27-22-47(23-27)13-14-54(47)31-7-10-34-35(20-31)42(60)55(41(34)59)37-11-12-38(56)50-39(37)57/h5-10,19-21,27,37,43-44H,11-18,22-23,25-26H2,1-4H3,(H,50,56,57). The summed E-state index contributed by atoms with van der Waals surface area (Å²) in [6, 6.07) is 18.0. The van der Waals surface area contributed by atoms with E-state index in [1.54, 1.807) is 24.3 Å². The Morgan fingerprint density at radius 2 is 1.52 bits per heavy atom. The summed E-state index contributed by atoms with van der Waals surface area (Å²) in [5, 5.41) is 11.9. The average molecular weight is 844 g/mol. The number of nitrogens with zero attached hydrogens (tertiary/aromatic N) is 6. The Kier molecular flexibility index (Phi) is 9.13. The lowest BCUT2D eigenvalue weighted by atomic mass is 9.49. The molecule has 0 aromatic heterocycles. The van der Waals surface area contributed by atoms with Crippen LogP contribution in [0.4, 0.5) is 11.4 Å². The minimum absolute atomic E-state index is 0.0375. The predicted molar refractivity (Wildman–Crippen MR) is 227 cm³/mol. The number of imide groups is 2. The Morgan fingerprint density at radius 1 is 0.820 bits per heavy atom. The highest BCUT2D eigenvalue weighted by Gasteiger charge is 2.67. The molecule has 13 nitrogen and oxygen atoms in total. The quantitative estimate of drug-likeness (QED) is 0.283. The maximum absolute atomic E-state index is 13.9. The number of benzene rings is 3. The molecule has 5 aliphatic heterocycles. The number of amides is 5. The van der Waals surface area contributed by atoms with Gasteiger partial charge in [0, 0.05) is 97.6 Å². The Hall–Kier alpha value is -5.45. The second-order valence-corrected chi connectivity index (χ2v) is 19.8. The molecule has 2 aliphatic carbocycles. The van der Waals surface area contributed by atoms with Crippen LogP contribution >= 0.6 is 11.6 Å². The Morgan fingerprint density at radius 3 is 2.20 bits per heavy atom. The molecule has 1 atom stereocenters. The molecule has 2 saturated carbocycles. The molecule has 316 valence electrons. The van der Waals surface area contributed by atoms with E-state index in [1.807, 2.05) is 23.1 Å². The van der Waals surface area contributed by atoms with Gasteiger partial charge in [-0.15, -0.1) is 0 Å². The van der Waals surface area contributed by atoms with Crippen LogP contribution in [0.25, 0.3) is 0 Å². The molecule has 10 rings (SSSR count). The van der Waals surface area contributed by atoms with Crippen molar-refractivity contribution >= 4 is 52.5 Å². The fraction of sp³-hybridized carbons (Fsp3) is 0.489. The fourth-order valence-electron chi connectivity index (χ4n) is 12.4. The summed E-state index contributed by atoms with van der Waals surface area (Å²) < 4.78 is 6.51. The number of hydrogen-bond donors (Lipinski definition) is 1. The van der Waals surface area contributed by atoms with Crippen LogP contribution < -0.4 is 19.9 Å². The van der Waals surface area contributed by atoms with E-state index in [2.05, 4.69) is 65.9 Å². The zero-order valence-electron chi connectivity index (χ0n) is 35.0. The van der Waals surface area contributed by atoms with E-state index in [-0.39, 0.29) is 53.2 Å². The summed E-state index contributed by atoms with van der Waals surface area (Å²) in [7, 11) is 0. The normalized spacial score (nSPS) is 26.4. The number of ether oxygens (including phenoxy) is 1. The maximum atomic E-state index is 13.9. The molecule has 0 bridgehead atoms. The number of halogens is 1. The number of carbonyl (C=O) groups is 5. The molecule has 5 heterocycles. The third kappa shape index (κ3) is 6.15. The second kappa shape index (κ2) is 14.0. The lowest BCUT2D eigenvalue weighted by molar-refractivity contribution is -0.199. The van der Waals surface area contributed by atoms with Gasteiger partial charge >= 0.3 is 0 Å². The molecular weight excluding hydrogens is 794 g/mol. The monoisotopic (exact) mass is 843 g/mol. The number of carbonyl (C=O) groups excluding carboxylic acids is 5. The third-order valence-electron chi connectivity index (χ3n) is 15.0. The van der Waals surface area contributed by atoms with Crippen LogP contribution in [0.1, 0.15) is 102 Å². The minimum Gasteiger partial charge on any atom is -0.489 e. The van der Waals surface area contributed by atoms with Crippen molar-refractivity contribution < 1.29 is 28.7 Å². The number of piperazine rings is 1. The van der Waals surface area contributed by atoms with E-state index in [0.717, 1.165) is 85.9 Å². The van der Waals surface area contributed by atoms with Crippen molar-refractivity contribution in [2.45, 2.75) is 90.1 Å². The van der Waals surface area contributed by atoms with Crippen molar-refractivity contribution in [3.8, 4) is 11.8 Å². The highest BCUT2D eigenvalue weighted by Crippen LogP contribution is 2.59. The summed E-state index contributed by atoms with van der Waals surface area (Å²) in [6.07, 6.45) is 3.33. The van der Waals surface area contributed by atoms with Crippen LogP contribution in [0.15, 0.2) is 54.6 Å². The van der Waals surface area contributed by atoms with Gasteiger partial charge in [0.1, 0.15) is 24.0 Å². The van der Waals surface area contributed by atoms with E-state index < -0.39 is 23.8 Å². The third-order valence-corrected chi connectivity index (χ3v) is 15.3. The number of nitrogens with one attached hydrogen (secondary N) is 1. The van der Waals surface area contributed by atoms with Crippen molar-refractivity contribution in [3.63, 3.8) is 0 Å². The number of fused-ring (bicyclic) bond motifs is 2. The molecule has 14 heteroatoms. The molecule has 1 unspecified atom stereocenters. The van der Waals surface area contributed by atoms with Gasteiger partial charge in [-0.1, -0.05) is 39.3 Å². The van der Waals surface area contributed by atoms with Crippen LogP contribution in [0.5, 0.6) is 5.75 Å². The lowest BCUT2D eigenvalue weighted by Gasteiger charge is -2.65. The van der Waals surface area contributed by atoms with Crippen molar-refractivity contribution in [3.05, 3.63) is 87.4 Å². The lowest BCUT2D eigenvalue weighted by Crippen LogP contribution is -2.74. The van der Waals surface area contributed by atoms with Gasteiger partial charge in [0.15, 0.2) is 0 Å². The van der Waals surface area contributed by atoms with Gasteiger partial charge in [-0.3, -0.25) is 39.1 Å². The smallest absolute Gasteiger partial charge is 0.262 e. The Balaban J connectivity index is 0.726. The molecule has 0 radical (unpaired) electrons. The number of rotatable bonds is 8. The Labute approximate surface area is 360 Å². The van der Waals surface area contributed by atoms with Gasteiger partial charge in [0.05, 0.1) is 21.7 Å². The van der Waals surface area contributed by atoms with Gasteiger partial charge in [0.2, 0.25) is 11.8 Å². The summed E-state index contributed by atoms with van der Waals surface area (Å²) in [6.45, 7) is 14.9. The first kappa shape index (κ1) is 39.7.